The molecule has 2 unspecified atom stereocenters. The van der Waals surface area contributed by atoms with E-state index in [1.807, 2.05) is 0 Å². The predicted octanol–water partition coefficient (Wildman–Crippen LogP) is 3.64. The Kier molecular flexibility index (Phi) is 7.41. The molecule has 1 heterocycles. The van der Waals surface area contributed by atoms with Crippen molar-refractivity contribution in [1.29, 1.82) is 0 Å². The highest BCUT2D eigenvalue weighted by Crippen LogP contribution is 2.20. The summed E-state index contributed by atoms with van der Waals surface area (Å²) in [5.41, 5.74) is 0. The molecule has 1 aliphatic heterocycles. The second kappa shape index (κ2) is 8.31. The molecule has 0 N–H and O–H groups in total. The van der Waals surface area contributed by atoms with Gasteiger partial charge in [-0.1, -0.05) is 44.9 Å². The van der Waals surface area contributed by atoms with Crippen LogP contribution in [-0.2, 0) is 9.47 Å². The van der Waals surface area contributed by atoms with Crippen LogP contribution < -0.4 is 0 Å². The molecule has 1 fully saturated rings. The van der Waals surface area contributed by atoms with Crippen molar-refractivity contribution in [3.63, 3.8) is 0 Å². The first kappa shape index (κ1) is 14.3. The Morgan fingerprint density at radius 3 is 2.94 bits per heavy atom. The van der Waals surface area contributed by atoms with Gasteiger partial charge < -0.3 is 9.47 Å². The molecule has 0 radical (unpaired) electrons. The highest BCUT2D eigenvalue weighted by molar-refractivity contribution is 8.22. The lowest BCUT2D eigenvalue weighted by Gasteiger charge is -2.16. The van der Waals surface area contributed by atoms with Crippen molar-refractivity contribution < 1.29 is 9.47 Å². The maximum atomic E-state index is 5.72. The van der Waals surface area contributed by atoms with Gasteiger partial charge >= 0.3 is 0 Å². The summed E-state index contributed by atoms with van der Waals surface area (Å²) >= 11 is 6.58. The molecular weight excluding hydrogens is 240 g/mol. The Morgan fingerprint density at radius 2 is 2.38 bits per heavy atom. The van der Waals surface area contributed by atoms with Crippen LogP contribution in [0.25, 0.3) is 0 Å². The second-order valence-electron chi connectivity index (χ2n) is 4.25. The van der Waals surface area contributed by atoms with Crippen LogP contribution in [-0.4, -0.2) is 29.5 Å². The zero-order valence-electron chi connectivity index (χ0n) is 10.2. The van der Waals surface area contributed by atoms with Gasteiger partial charge in [0.25, 0.3) is 0 Å². The van der Waals surface area contributed by atoms with Gasteiger partial charge in [0.05, 0.1) is 6.61 Å². The molecule has 0 aromatic carbocycles. The van der Waals surface area contributed by atoms with E-state index in [2.05, 4.69) is 13.8 Å². The minimum Gasteiger partial charge on any atom is -0.472 e. The van der Waals surface area contributed by atoms with Crippen LogP contribution in [0, 0.1) is 5.92 Å². The quantitative estimate of drug-likeness (QED) is 0.621. The molecule has 1 saturated heterocycles. The second-order valence-corrected chi connectivity index (χ2v) is 5.88. The molecule has 2 atom stereocenters. The predicted molar refractivity (Wildman–Crippen MR) is 74.1 cm³/mol. The summed E-state index contributed by atoms with van der Waals surface area (Å²) in [7, 11) is 0. The normalized spacial score (nSPS) is 22.1. The first-order chi connectivity index (χ1) is 7.76. The van der Waals surface area contributed by atoms with Crippen molar-refractivity contribution in [1.82, 2.24) is 0 Å². The lowest BCUT2D eigenvalue weighted by Crippen LogP contribution is -2.20. The Balaban J connectivity index is 2.06. The smallest absolute Gasteiger partial charge is 0.220 e. The Labute approximate surface area is 108 Å². The zero-order chi connectivity index (χ0) is 11.8. The molecule has 0 bridgehead atoms. The van der Waals surface area contributed by atoms with Gasteiger partial charge in [-0.05, 0) is 24.6 Å². The van der Waals surface area contributed by atoms with Crippen LogP contribution in [0.3, 0.4) is 0 Å². The average Bonchev–Trinajstić information content (AvgIpc) is 2.69. The fourth-order valence-electron chi connectivity index (χ4n) is 1.71. The van der Waals surface area contributed by atoms with Gasteiger partial charge in [-0.25, -0.2) is 0 Å². The molecule has 1 aliphatic rings. The molecule has 94 valence electrons. The largest absolute Gasteiger partial charge is 0.472 e. The molecule has 0 aliphatic carbocycles. The Morgan fingerprint density at radius 1 is 1.56 bits per heavy atom. The Bertz CT molecular complexity index is 209. The van der Waals surface area contributed by atoms with Gasteiger partial charge in [-0.15, -0.1) is 0 Å². The fourth-order valence-corrected chi connectivity index (χ4v) is 2.74. The number of hydrogen-bond acceptors (Lipinski definition) is 4. The van der Waals surface area contributed by atoms with Crippen LogP contribution in [0.2, 0.25) is 0 Å². The summed E-state index contributed by atoms with van der Waals surface area (Å²) in [6.45, 7) is 6.03. The van der Waals surface area contributed by atoms with Crippen LogP contribution in [0.1, 0.15) is 39.5 Å². The fraction of sp³-hybridized carbons (Fsp3) is 0.917. The average molecular weight is 262 g/mol. The van der Waals surface area contributed by atoms with Gasteiger partial charge in [-0.2, -0.15) is 0 Å². The third kappa shape index (κ3) is 5.51. The molecule has 2 nitrogen and oxygen atoms in total. The van der Waals surface area contributed by atoms with E-state index in [1.54, 1.807) is 11.8 Å². The summed E-state index contributed by atoms with van der Waals surface area (Å²) in [5.74, 6) is 1.66. The van der Waals surface area contributed by atoms with E-state index in [4.69, 9.17) is 21.7 Å². The molecule has 4 heteroatoms. The first-order valence-electron chi connectivity index (χ1n) is 6.17. The molecular formula is C12H22O2S2. The van der Waals surface area contributed by atoms with Crippen molar-refractivity contribution in [2.45, 2.75) is 45.6 Å². The summed E-state index contributed by atoms with van der Waals surface area (Å²) in [6.07, 6.45) is 5.25. The van der Waals surface area contributed by atoms with Crippen LogP contribution in [0.5, 0.6) is 0 Å². The first-order valence-corrected chi connectivity index (χ1v) is 7.56. The van der Waals surface area contributed by atoms with Crippen LogP contribution >= 0.6 is 24.0 Å². The van der Waals surface area contributed by atoms with Crippen molar-refractivity contribution in [2.24, 2.45) is 5.92 Å². The third-order valence-corrected chi connectivity index (χ3v) is 4.17. The van der Waals surface area contributed by atoms with Gasteiger partial charge in [-0.3, -0.25) is 0 Å². The summed E-state index contributed by atoms with van der Waals surface area (Å²) < 4.78 is 11.8. The number of thiocarbonyl (C=S) groups is 1. The van der Waals surface area contributed by atoms with Crippen molar-refractivity contribution in [3.8, 4) is 0 Å². The third-order valence-electron chi connectivity index (χ3n) is 2.85. The molecule has 0 aromatic heterocycles. The number of rotatable bonds is 8. The molecule has 0 saturated carbocycles. The summed E-state index contributed by atoms with van der Waals surface area (Å²) in [4.78, 5) is 0. The van der Waals surface area contributed by atoms with Crippen molar-refractivity contribution in [2.75, 3.05) is 19.0 Å². The number of ether oxygens (including phenoxy) is 2. The van der Waals surface area contributed by atoms with Gasteiger partial charge in [0.2, 0.25) is 4.38 Å². The molecule has 16 heavy (non-hydrogen) atoms. The SMILES string of the molecule is CCCCC(CC)COCC1CSC(=S)O1. The minimum absolute atomic E-state index is 0.182. The van der Waals surface area contributed by atoms with E-state index in [-0.39, 0.29) is 6.10 Å². The maximum Gasteiger partial charge on any atom is 0.220 e. The highest BCUT2D eigenvalue weighted by Gasteiger charge is 2.21. The topological polar surface area (TPSA) is 18.5 Å². The number of unbranched alkanes of at least 4 members (excludes halogenated alkanes) is 1. The molecule has 0 amide bonds. The molecule has 1 rings (SSSR count). The van der Waals surface area contributed by atoms with E-state index in [1.165, 1.54) is 25.7 Å². The number of thioether (sulfide) groups is 1. The Hall–Kier alpha value is 0.200. The lowest BCUT2D eigenvalue weighted by molar-refractivity contribution is 0.0396. The summed E-state index contributed by atoms with van der Waals surface area (Å²) in [5, 5.41) is 0. The molecule has 0 spiro atoms. The van der Waals surface area contributed by atoms with Crippen LogP contribution in [0.15, 0.2) is 0 Å². The minimum atomic E-state index is 0.182. The summed E-state index contributed by atoms with van der Waals surface area (Å²) in [6, 6.07) is 0. The van der Waals surface area contributed by atoms with E-state index in [9.17, 15) is 0 Å². The number of hydrogen-bond donors (Lipinski definition) is 0. The standard InChI is InChI=1S/C12H22O2S2/c1-3-5-6-10(4-2)7-13-8-11-9-16-12(15)14-11/h10-11H,3-9H2,1-2H3. The van der Waals surface area contributed by atoms with Crippen molar-refractivity contribution >= 4 is 28.4 Å². The van der Waals surface area contributed by atoms with Crippen LogP contribution in [0.4, 0.5) is 0 Å². The van der Waals surface area contributed by atoms with Gasteiger partial charge in [0.1, 0.15) is 6.10 Å². The van der Waals surface area contributed by atoms with E-state index in [0.29, 0.717) is 16.9 Å². The van der Waals surface area contributed by atoms with Gasteiger partial charge in [0, 0.05) is 12.4 Å². The van der Waals surface area contributed by atoms with Crippen molar-refractivity contribution in [3.05, 3.63) is 0 Å². The van der Waals surface area contributed by atoms with E-state index < -0.39 is 0 Å². The van der Waals surface area contributed by atoms with E-state index >= 15 is 0 Å². The van der Waals surface area contributed by atoms with E-state index in [0.717, 1.165) is 12.4 Å². The monoisotopic (exact) mass is 262 g/mol. The maximum absolute atomic E-state index is 5.72. The lowest BCUT2D eigenvalue weighted by atomic mass is 10.0. The van der Waals surface area contributed by atoms with Gasteiger partial charge in [0.15, 0.2) is 0 Å². The highest BCUT2D eigenvalue weighted by atomic mass is 32.2. The zero-order valence-corrected chi connectivity index (χ0v) is 11.9. The molecule has 0 aromatic rings.